The summed E-state index contributed by atoms with van der Waals surface area (Å²) in [5, 5.41) is 17.4. The molecule has 0 unspecified atom stereocenters. The number of anilines is 2. The number of benzene rings is 1. The molecule has 3 N–H and O–H groups in total. The van der Waals surface area contributed by atoms with Gasteiger partial charge in [0.1, 0.15) is 23.7 Å². The molecule has 0 saturated carbocycles. The molecular weight excluding hydrogens is 399 g/mol. The maximum absolute atomic E-state index is 14.1. The molecule has 1 aliphatic heterocycles. The van der Waals surface area contributed by atoms with Gasteiger partial charge in [-0.25, -0.2) is 14.4 Å². The molecule has 0 aliphatic carbocycles. The van der Waals surface area contributed by atoms with Crippen molar-refractivity contribution in [2.75, 3.05) is 25.1 Å². The van der Waals surface area contributed by atoms with E-state index in [9.17, 15) is 9.65 Å². The Labute approximate surface area is 178 Å². The summed E-state index contributed by atoms with van der Waals surface area (Å²) in [6.45, 7) is 1.78. The van der Waals surface area contributed by atoms with Gasteiger partial charge >= 0.3 is 0 Å². The Balaban J connectivity index is 2.03. The Kier molecular flexibility index (Phi) is 4.94. The average Bonchev–Trinajstić information content (AvgIpc) is 3.04. The first-order valence-corrected chi connectivity index (χ1v) is 9.50. The molecule has 0 radical (unpaired) electrons. The molecule has 1 atom stereocenters. The van der Waals surface area contributed by atoms with Gasteiger partial charge in [0.15, 0.2) is 17.4 Å². The van der Waals surface area contributed by atoms with E-state index in [0.29, 0.717) is 45.6 Å². The topological polar surface area (TPSA) is 117 Å². The van der Waals surface area contributed by atoms with E-state index in [2.05, 4.69) is 21.5 Å². The van der Waals surface area contributed by atoms with Crippen molar-refractivity contribution in [3.63, 3.8) is 0 Å². The molecule has 0 saturated heterocycles. The highest BCUT2D eigenvalue weighted by molar-refractivity contribution is 5.98. The van der Waals surface area contributed by atoms with E-state index in [4.69, 9.17) is 15.5 Å². The summed E-state index contributed by atoms with van der Waals surface area (Å²) < 4.78 is 21.6. The van der Waals surface area contributed by atoms with E-state index >= 15 is 0 Å². The summed E-state index contributed by atoms with van der Waals surface area (Å²) in [7, 11) is 5.31. The molecule has 1 aromatic carbocycles. The van der Waals surface area contributed by atoms with Gasteiger partial charge in [-0.3, -0.25) is 4.68 Å². The number of aryl methyl sites for hydroxylation is 1. The zero-order chi connectivity index (χ0) is 22.3. The van der Waals surface area contributed by atoms with Crippen LogP contribution in [0.1, 0.15) is 24.3 Å². The standard InChI is InChI=1S/C21H21FN8O/c1-11-14-8-13(22)5-6-15(14)26-21(29(2)3)27-20-18(16(9-23)30(4)28-20)12-7-17(31-11)19(24)25-10-12/h5-8,10-11H,1-4H3,(H2,24,25)(H,26,27,28)/t11-/m1/s1. The number of nitriles is 1. The number of aromatic nitrogens is 3. The smallest absolute Gasteiger partial charge is 0.204 e. The number of halogens is 1. The zero-order valence-corrected chi connectivity index (χ0v) is 17.5. The number of ether oxygens (including phenoxy) is 1. The normalized spacial score (nSPS) is 16.8. The summed E-state index contributed by atoms with van der Waals surface area (Å²) in [6, 6.07) is 8.19. The third kappa shape index (κ3) is 3.61. The largest absolute Gasteiger partial charge is 0.482 e. The number of aliphatic imine (C=N–C) groups is 1. The van der Waals surface area contributed by atoms with Crippen LogP contribution >= 0.6 is 0 Å². The van der Waals surface area contributed by atoms with Crippen molar-refractivity contribution in [1.29, 1.82) is 5.26 Å². The lowest BCUT2D eigenvalue weighted by Crippen LogP contribution is -2.30. The SMILES string of the molecule is C[C@H]1Oc2cc(cnc2N)-c2c(nn(C)c2C#N)N/C(N(C)C)=N\c2ccc(F)cc21. The summed E-state index contributed by atoms with van der Waals surface area (Å²) in [6.07, 6.45) is 0.988. The van der Waals surface area contributed by atoms with Gasteiger partial charge in [0, 0.05) is 38.5 Å². The van der Waals surface area contributed by atoms with Crippen LogP contribution in [0.2, 0.25) is 0 Å². The van der Waals surface area contributed by atoms with E-state index < -0.39 is 11.9 Å². The fourth-order valence-electron chi connectivity index (χ4n) is 3.37. The van der Waals surface area contributed by atoms with Crippen LogP contribution in [-0.4, -0.2) is 39.7 Å². The van der Waals surface area contributed by atoms with Gasteiger partial charge in [-0.15, -0.1) is 0 Å². The second-order valence-electron chi connectivity index (χ2n) is 7.33. The maximum Gasteiger partial charge on any atom is 0.204 e. The zero-order valence-electron chi connectivity index (χ0n) is 17.5. The summed E-state index contributed by atoms with van der Waals surface area (Å²) in [4.78, 5) is 10.7. The second-order valence-corrected chi connectivity index (χ2v) is 7.33. The molecule has 4 rings (SSSR count). The van der Waals surface area contributed by atoms with E-state index in [1.54, 1.807) is 37.2 Å². The predicted octanol–water partition coefficient (Wildman–Crippen LogP) is 3.19. The van der Waals surface area contributed by atoms with E-state index in [0.717, 1.165) is 0 Å². The maximum atomic E-state index is 14.1. The number of nitrogen functional groups attached to an aromatic ring is 1. The number of nitrogens with two attached hydrogens (primary N) is 1. The Morgan fingerprint density at radius 3 is 2.81 bits per heavy atom. The van der Waals surface area contributed by atoms with E-state index in [1.807, 2.05) is 14.1 Å². The summed E-state index contributed by atoms with van der Waals surface area (Å²) >= 11 is 0. The van der Waals surface area contributed by atoms with E-state index in [1.165, 1.54) is 16.8 Å². The van der Waals surface area contributed by atoms with Crippen LogP contribution in [0.15, 0.2) is 35.5 Å². The van der Waals surface area contributed by atoms with Crippen molar-refractivity contribution in [2.24, 2.45) is 12.0 Å². The van der Waals surface area contributed by atoms with Gasteiger partial charge < -0.3 is 20.7 Å². The molecule has 9 nitrogen and oxygen atoms in total. The minimum atomic E-state index is -0.569. The highest BCUT2D eigenvalue weighted by atomic mass is 19.1. The first-order valence-electron chi connectivity index (χ1n) is 9.50. The number of hydrogen-bond acceptors (Lipinski definition) is 8. The van der Waals surface area contributed by atoms with Gasteiger partial charge in [-0.1, -0.05) is 0 Å². The molecule has 2 bridgehead atoms. The molecule has 10 heteroatoms. The summed E-state index contributed by atoms with van der Waals surface area (Å²) in [5.41, 5.74) is 8.59. The van der Waals surface area contributed by atoms with Crippen LogP contribution in [0.25, 0.3) is 11.1 Å². The molecule has 158 valence electrons. The molecule has 31 heavy (non-hydrogen) atoms. The molecule has 1 aliphatic rings. The number of guanidine groups is 1. The van der Waals surface area contributed by atoms with Crippen molar-refractivity contribution in [1.82, 2.24) is 19.7 Å². The van der Waals surface area contributed by atoms with Crippen LogP contribution < -0.4 is 15.8 Å². The fraction of sp³-hybridized carbons (Fsp3) is 0.238. The van der Waals surface area contributed by atoms with Crippen molar-refractivity contribution < 1.29 is 9.13 Å². The Hall–Kier alpha value is -4.13. The van der Waals surface area contributed by atoms with Crippen LogP contribution in [0.5, 0.6) is 5.75 Å². The molecule has 0 amide bonds. The van der Waals surface area contributed by atoms with Crippen molar-refractivity contribution in [3.8, 4) is 22.9 Å². The second kappa shape index (κ2) is 7.60. The van der Waals surface area contributed by atoms with Crippen molar-refractivity contribution in [2.45, 2.75) is 13.0 Å². The Morgan fingerprint density at radius 2 is 2.10 bits per heavy atom. The lowest BCUT2D eigenvalue weighted by Gasteiger charge is -2.22. The third-order valence-electron chi connectivity index (χ3n) is 4.94. The van der Waals surface area contributed by atoms with E-state index in [-0.39, 0.29) is 5.82 Å². The van der Waals surface area contributed by atoms with Crippen LogP contribution in [0.4, 0.5) is 21.7 Å². The number of fused-ring (bicyclic) bond motifs is 5. The number of rotatable bonds is 0. The monoisotopic (exact) mass is 420 g/mol. The minimum Gasteiger partial charge on any atom is -0.482 e. The molecule has 3 heterocycles. The molecule has 0 fully saturated rings. The Morgan fingerprint density at radius 1 is 1.32 bits per heavy atom. The van der Waals surface area contributed by atoms with Gasteiger partial charge in [0.25, 0.3) is 0 Å². The highest BCUT2D eigenvalue weighted by Crippen LogP contribution is 2.38. The van der Waals surface area contributed by atoms with Crippen molar-refractivity contribution in [3.05, 3.63) is 47.5 Å². The lowest BCUT2D eigenvalue weighted by molar-refractivity contribution is 0.228. The lowest BCUT2D eigenvalue weighted by atomic mass is 10.1. The first-order chi connectivity index (χ1) is 14.8. The molecule has 2 aromatic heterocycles. The fourth-order valence-corrected chi connectivity index (χ4v) is 3.37. The van der Waals surface area contributed by atoms with Crippen molar-refractivity contribution >= 4 is 23.3 Å². The number of hydrogen-bond donors (Lipinski definition) is 2. The minimum absolute atomic E-state index is 0.181. The summed E-state index contributed by atoms with van der Waals surface area (Å²) in [5.74, 6) is 0.965. The quantitative estimate of drug-likeness (QED) is 0.573. The molecule has 3 aromatic rings. The molecular formula is C21H21FN8O. The number of nitrogens with one attached hydrogen (secondary N) is 1. The number of nitrogens with zero attached hydrogens (tertiary/aromatic N) is 6. The third-order valence-corrected chi connectivity index (χ3v) is 4.94. The van der Waals surface area contributed by atoms with Gasteiger partial charge in [0.05, 0.1) is 11.3 Å². The Bertz CT molecular complexity index is 1240. The highest BCUT2D eigenvalue weighted by Gasteiger charge is 2.24. The van der Waals surface area contributed by atoms with Crippen LogP contribution in [0, 0.1) is 17.1 Å². The first kappa shape index (κ1) is 20.2. The van der Waals surface area contributed by atoms with Gasteiger partial charge in [0.2, 0.25) is 5.96 Å². The predicted molar refractivity (Wildman–Crippen MR) is 115 cm³/mol. The molecule has 0 spiro atoms. The average molecular weight is 420 g/mol. The van der Waals surface area contributed by atoms with Gasteiger partial charge in [-0.2, -0.15) is 10.4 Å². The van der Waals surface area contributed by atoms with Gasteiger partial charge in [-0.05, 0) is 31.2 Å². The van der Waals surface area contributed by atoms with Crippen LogP contribution in [0.3, 0.4) is 0 Å². The van der Waals surface area contributed by atoms with Crippen LogP contribution in [-0.2, 0) is 7.05 Å². The number of pyridine rings is 1.